The molecule has 9 heteroatoms. The second-order valence-corrected chi connectivity index (χ2v) is 6.69. The van der Waals surface area contributed by atoms with Crippen LogP contribution in [0.15, 0.2) is 22.6 Å². The van der Waals surface area contributed by atoms with Crippen LogP contribution in [0.25, 0.3) is 0 Å². The van der Waals surface area contributed by atoms with Crippen molar-refractivity contribution < 1.29 is 22.7 Å². The maximum atomic E-state index is 13.1. The molecule has 0 saturated carbocycles. The summed E-state index contributed by atoms with van der Waals surface area (Å²) in [7, 11) is 0.235. The zero-order valence-electron chi connectivity index (χ0n) is 16.4. The average Bonchev–Trinajstić information content (AvgIpc) is 2.65. The summed E-state index contributed by atoms with van der Waals surface area (Å²) in [5, 5.41) is 2.53. The third kappa shape index (κ3) is 5.78. The van der Waals surface area contributed by atoms with Gasteiger partial charge in [0.15, 0.2) is 0 Å². The van der Waals surface area contributed by atoms with Crippen LogP contribution in [0.3, 0.4) is 0 Å². The molecule has 27 heavy (non-hydrogen) atoms. The van der Waals surface area contributed by atoms with Crippen LogP contribution < -0.4 is 10.1 Å². The molecule has 0 saturated heterocycles. The minimum atomic E-state index is -2.65. The number of ether oxygens (including phenoxy) is 1. The highest BCUT2D eigenvalue weighted by Crippen LogP contribution is 2.32. The van der Waals surface area contributed by atoms with Gasteiger partial charge in [-0.2, -0.15) is 8.42 Å². The van der Waals surface area contributed by atoms with Gasteiger partial charge in [-0.1, -0.05) is 26.3 Å². The molecule has 0 heterocycles. The Balaban J connectivity index is 3.31. The van der Waals surface area contributed by atoms with Crippen molar-refractivity contribution in [3.05, 3.63) is 23.8 Å². The molecule has 0 aromatic heterocycles. The zero-order chi connectivity index (χ0) is 20.6. The molecular formula is C18H27N3O5S. The molecule has 8 nitrogen and oxygen atoms in total. The van der Waals surface area contributed by atoms with Gasteiger partial charge in [0.1, 0.15) is 11.4 Å². The topological polar surface area (TPSA) is 105 Å². The molecule has 1 rings (SSSR count). The number of urea groups is 1. The molecule has 150 valence electrons. The van der Waals surface area contributed by atoms with Gasteiger partial charge in [0.2, 0.25) is 5.91 Å². The van der Waals surface area contributed by atoms with Gasteiger partial charge in [-0.15, -0.1) is 4.36 Å². The highest BCUT2D eigenvalue weighted by molar-refractivity contribution is 7.61. The van der Waals surface area contributed by atoms with E-state index >= 15 is 0 Å². The summed E-state index contributed by atoms with van der Waals surface area (Å²) in [5.74, 6) is -0.731. The average molecular weight is 397 g/mol. The van der Waals surface area contributed by atoms with Crippen LogP contribution in [0, 0.1) is 0 Å². The minimum absolute atomic E-state index is 0.107. The Morgan fingerprint density at radius 3 is 2.44 bits per heavy atom. The summed E-state index contributed by atoms with van der Waals surface area (Å²) in [6, 6.07) is 4.04. The maximum Gasteiger partial charge on any atom is 0.324 e. The molecule has 2 atom stereocenters. The van der Waals surface area contributed by atoms with Crippen LogP contribution in [-0.4, -0.2) is 45.5 Å². The van der Waals surface area contributed by atoms with E-state index in [2.05, 4.69) is 9.68 Å². The van der Waals surface area contributed by atoms with Crippen LogP contribution in [0.2, 0.25) is 0 Å². The van der Waals surface area contributed by atoms with Crippen molar-refractivity contribution in [3.8, 4) is 5.75 Å². The zero-order valence-corrected chi connectivity index (χ0v) is 17.2. The van der Waals surface area contributed by atoms with E-state index in [0.29, 0.717) is 18.4 Å². The van der Waals surface area contributed by atoms with Gasteiger partial charge in [-0.25, -0.2) is 4.79 Å². The number of carbonyl (C=O) groups is 2. The number of benzene rings is 1. The third-order valence-corrected chi connectivity index (χ3v) is 4.72. The fraction of sp³-hybridized carbons (Fsp3) is 0.556. The molecule has 0 aliphatic rings. The molecule has 0 bridgehead atoms. The minimum Gasteiger partial charge on any atom is -0.494 e. The number of methoxy groups -OCH3 is 1. The van der Waals surface area contributed by atoms with Crippen molar-refractivity contribution in [1.82, 2.24) is 10.2 Å². The molecule has 0 radical (unpaired) electrons. The molecule has 1 aromatic carbocycles. The van der Waals surface area contributed by atoms with E-state index in [4.69, 9.17) is 4.74 Å². The van der Waals surface area contributed by atoms with E-state index in [1.807, 2.05) is 13.8 Å². The molecule has 0 aliphatic heterocycles. The first-order chi connectivity index (χ1) is 12.8. The smallest absolute Gasteiger partial charge is 0.324 e. The van der Waals surface area contributed by atoms with Gasteiger partial charge in [-0.3, -0.25) is 9.69 Å². The SMILES string of the molecule is CCCC(CC)N(C(=O)NC)C(=O)C(C)c1ccc(OC)c(N=S(=O)=O)c1. The largest absolute Gasteiger partial charge is 0.494 e. The fourth-order valence-electron chi connectivity index (χ4n) is 2.89. The number of carbonyl (C=O) groups excluding carboxylic acids is 2. The monoisotopic (exact) mass is 397 g/mol. The quantitative estimate of drug-likeness (QED) is 0.725. The van der Waals surface area contributed by atoms with Crippen molar-refractivity contribution in [3.63, 3.8) is 0 Å². The number of nitrogens with one attached hydrogen (secondary N) is 1. The van der Waals surface area contributed by atoms with E-state index in [0.717, 1.165) is 6.42 Å². The number of rotatable bonds is 8. The summed E-state index contributed by atoms with van der Waals surface area (Å²) >= 11 is 0. The van der Waals surface area contributed by atoms with E-state index in [-0.39, 0.29) is 23.4 Å². The lowest BCUT2D eigenvalue weighted by Gasteiger charge is -2.31. The predicted octanol–water partition coefficient (Wildman–Crippen LogP) is 3.24. The Kier molecular flexibility index (Phi) is 8.93. The molecular weight excluding hydrogens is 370 g/mol. The number of hydrogen-bond acceptors (Lipinski definition) is 6. The Bertz CT molecular complexity index is 799. The maximum absolute atomic E-state index is 13.1. The van der Waals surface area contributed by atoms with Crippen LogP contribution >= 0.6 is 0 Å². The van der Waals surface area contributed by atoms with Gasteiger partial charge < -0.3 is 10.1 Å². The van der Waals surface area contributed by atoms with E-state index in [1.54, 1.807) is 19.1 Å². The summed E-state index contributed by atoms with van der Waals surface area (Å²) < 4.78 is 30.5. The van der Waals surface area contributed by atoms with E-state index in [9.17, 15) is 18.0 Å². The summed E-state index contributed by atoms with van der Waals surface area (Å²) in [6.07, 6.45) is 2.20. The Morgan fingerprint density at radius 2 is 1.96 bits per heavy atom. The lowest BCUT2D eigenvalue weighted by molar-refractivity contribution is -0.131. The van der Waals surface area contributed by atoms with Crippen LogP contribution in [0.4, 0.5) is 10.5 Å². The Hall–Kier alpha value is -2.42. The highest BCUT2D eigenvalue weighted by atomic mass is 32.2. The van der Waals surface area contributed by atoms with Gasteiger partial charge in [0, 0.05) is 13.1 Å². The number of imide groups is 1. The lowest BCUT2D eigenvalue weighted by atomic mass is 9.97. The normalized spacial score (nSPS) is 12.6. The first-order valence-corrected chi connectivity index (χ1v) is 9.87. The van der Waals surface area contributed by atoms with E-state index < -0.39 is 22.4 Å². The van der Waals surface area contributed by atoms with Gasteiger partial charge in [0.05, 0.1) is 13.0 Å². The van der Waals surface area contributed by atoms with Crippen molar-refractivity contribution >= 4 is 28.1 Å². The third-order valence-electron chi connectivity index (χ3n) is 4.37. The number of hydrogen-bond donors (Lipinski definition) is 1. The van der Waals surface area contributed by atoms with Crippen LogP contribution in [0.1, 0.15) is 51.5 Å². The summed E-state index contributed by atoms with van der Waals surface area (Å²) in [6.45, 7) is 5.61. The van der Waals surface area contributed by atoms with Crippen molar-refractivity contribution in [2.24, 2.45) is 4.36 Å². The lowest BCUT2D eigenvalue weighted by Crippen LogP contribution is -2.50. The summed E-state index contributed by atoms with van der Waals surface area (Å²) in [5.41, 5.74) is 0.653. The van der Waals surface area contributed by atoms with Crippen LogP contribution in [0.5, 0.6) is 5.75 Å². The second-order valence-electron chi connectivity index (χ2n) is 6.08. The van der Waals surface area contributed by atoms with Gasteiger partial charge in [-0.05, 0) is 37.5 Å². The highest BCUT2D eigenvalue weighted by Gasteiger charge is 2.31. The molecule has 1 aromatic rings. The summed E-state index contributed by atoms with van der Waals surface area (Å²) in [4.78, 5) is 26.7. The number of nitrogens with zero attached hydrogens (tertiary/aromatic N) is 2. The molecule has 2 unspecified atom stereocenters. The van der Waals surface area contributed by atoms with Crippen LogP contribution in [-0.2, 0) is 15.3 Å². The molecule has 0 spiro atoms. The standard InChI is InChI=1S/C18H27N3O5S/c1-6-8-14(7-2)21(18(23)19-4)17(22)12(3)13-9-10-16(26-5)15(11-13)20-27(24)25/h9-12,14H,6-8H2,1-5H3,(H,19,23). The molecule has 3 amide bonds. The first kappa shape index (κ1) is 22.6. The van der Waals surface area contributed by atoms with Gasteiger partial charge in [0.25, 0.3) is 0 Å². The predicted molar refractivity (Wildman–Crippen MR) is 103 cm³/mol. The Labute approximate surface area is 161 Å². The van der Waals surface area contributed by atoms with Crippen molar-refractivity contribution in [1.29, 1.82) is 0 Å². The molecule has 0 fully saturated rings. The Morgan fingerprint density at radius 1 is 1.30 bits per heavy atom. The van der Waals surface area contributed by atoms with Crippen molar-refractivity contribution in [2.45, 2.75) is 52.0 Å². The molecule has 0 aliphatic carbocycles. The van der Waals surface area contributed by atoms with E-state index in [1.165, 1.54) is 25.1 Å². The van der Waals surface area contributed by atoms with Gasteiger partial charge >= 0.3 is 16.5 Å². The number of amides is 3. The fourth-order valence-corrected chi connectivity index (χ4v) is 3.20. The first-order valence-electron chi connectivity index (χ1n) is 8.84. The molecule has 1 N–H and O–H groups in total. The second kappa shape index (κ2) is 10.7. The van der Waals surface area contributed by atoms with Crippen molar-refractivity contribution in [2.75, 3.05) is 14.2 Å².